The number of nitrogens with zero attached hydrogens (tertiary/aromatic N) is 2. The van der Waals surface area contributed by atoms with Gasteiger partial charge in [0.2, 0.25) is 0 Å². The number of hydrogen-bond donors (Lipinski definition) is 0. The van der Waals surface area contributed by atoms with Gasteiger partial charge in [0.1, 0.15) is 5.75 Å². The van der Waals surface area contributed by atoms with Crippen molar-refractivity contribution in [1.82, 2.24) is 4.90 Å². The molecule has 1 heterocycles. The van der Waals surface area contributed by atoms with Crippen molar-refractivity contribution in [2.24, 2.45) is 5.92 Å². The van der Waals surface area contributed by atoms with Gasteiger partial charge < -0.3 is 9.64 Å². The summed E-state index contributed by atoms with van der Waals surface area (Å²) >= 11 is 0. The van der Waals surface area contributed by atoms with Crippen LogP contribution in [0, 0.1) is 5.92 Å². The number of rotatable bonds is 4. The lowest BCUT2D eigenvalue weighted by molar-refractivity contribution is 0.0241. The molecule has 5 heteroatoms. The first-order valence-electron chi connectivity index (χ1n) is 10.4. The van der Waals surface area contributed by atoms with E-state index in [1.165, 1.54) is 36.9 Å². The Hall–Kier alpha value is -1.42. The summed E-state index contributed by atoms with van der Waals surface area (Å²) in [5, 5.41) is 0. The molecule has 0 bridgehead atoms. The molecule has 1 saturated carbocycles. The van der Waals surface area contributed by atoms with Gasteiger partial charge in [-0.05, 0) is 48.6 Å². The molecular formula is C24H34Cl2N2O. The number of methoxy groups -OCH3 is 1. The van der Waals surface area contributed by atoms with Gasteiger partial charge in [0.15, 0.2) is 0 Å². The maximum Gasteiger partial charge on any atom is 0.119 e. The average molecular weight is 437 g/mol. The first-order chi connectivity index (χ1) is 13.2. The van der Waals surface area contributed by atoms with Crippen molar-refractivity contribution in [3.8, 4) is 5.75 Å². The zero-order chi connectivity index (χ0) is 18.7. The fourth-order valence-corrected chi connectivity index (χ4v) is 5.20. The van der Waals surface area contributed by atoms with Gasteiger partial charge in [0.05, 0.1) is 7.11 Å². The highest BCUT2D eigenvalue weighted by Gasteiger charge is 2.42. The minimum absolute atomic E-state index is 0. The number of benzene rings is 2. The van der Waals surface area contributed by atoms with Gasteiger partial charge in [-0.2, -0.15) is 0 Å². The minimum Gasteiger partial charge on any atom is -0.497 e. The largest absolute Gasteiger partial charge is 0.497 e. The minimum atomic E-state index is 0. The van der Waals surface area contributed by atoms with Crippen molar-refractivity contribution in [2.45, 2.75) is 38.1 Å². The molecule has 4 rings (SSSR count). The Morgan fingerprint density at radius 2 is 1.66 bits per heavy atom. The van der Waals surface area contributed by atoms with E-state index in [0.717, 1.165) is 37.8 Å². The first kappa shape index (κ1) is 23.9. The molecule has 1 aliphatic carbocycles. The molecule has 1 unspecified atom stereocenters. The average Bonchev–Trinajstić information content (AvgIpc) is 2.74. The summed E-state index contributed by atoms with van der Waals surface area (Å²) in [4.78, 5) is 5.30. The molecule has 0 aromatic heterocycles. The highest BCUT2D eigenvalue weighted by Crippen LogP contribution is 2.45. The van der Waals surface area contributed by atoms with Crippen LogP contribution in [-0.2, 0) is 5.54 Å². The number of para-hydroxylation sites is 1. The lowest BCUT2D eigenvalue weighted by Crippen LogP contribution is -2.57. The lowest BCUT2D eigenvalue weighted by atomic mass is 9.71. The molecule has 2 aromatic carbocycles. The third-order valence-corrected chi connectivity index (χ3v) is 6.59. The normalized spacial score (nSPS) is 24.9. The topological polar surface area (TPSA) is 15.7 Å². The van der Waals surface area contributed by atoms with Gasteiger partial charge in [-0.1, -0.05) is 50.1 Å². The number of halogens is 2. The Kier molecular flexibility index (Phi) is 8.69. The number of ether oxygens (including phenoxy) is 1. The molecule has 29 heavy (non-hydrogen) atoms. The summed E-state index contributed by atoms with van der Waals surface area (Å²) in [5.74, 6) is 1.75. The van der Waals surface area contributed by atoms with Gasteiger partial charge in [0, 0.05) is 37.4 Å². The van der Waals surface area contributed by atoms with Crippen molar-refractivity contribution in [2.75, 3.05) is 38.2 Å². The fraction of sp³-hybridized carbons (Fsp3) is 0.500. The molecular weight excluding hydrogens is 403 g/mol. The predicted octanol–water partition coefficient (Wildman–Crippen LogP) is 5.77. The van der Waals surface area contributed by atoms with Crippen LogP contribution in [0.15, 0.2) is 54.6 Å². The van der Waals surface area contributed by atoms with E-state index in [4.69, 9.17) is 4.74 Å². The Balaban J connectivity index is 0.00000150. The molecule has 2 aromatic rings. The smallest absolute Gasteiger partial charge is 0.119 e. The monoisotopic (exact) mass is 436 g/mol. The standard InChI is InChI=1S/C24H32N2O.2ClH/c1-20-8-7-13-24(19-20,21-9-6-12-23(18-21)27-2)26-16-14-25(15-17-26)22-10-4-3-5-11-22;;/h3-6,9-12,18,20H,7-8,13-17,19H2,1-2H3;2*1H/t20?,24-;;/m1../s1. The molecule has 2 fully saturated rings. The molecule has 0 spiro atoms. The molecule has 160 valence electrons. The lowest BCUT2D eigenvalue weighted by Gasteiger charge is -2.52. The van der Waals surface area contributed by atoms with Gasteiger partial charge >= 0.3 is 0 Å². The Morgan fingerprint density at radius 3 is 2.31 bits per heavy atom. The second-order valence-electron chi connectivity index (χ2n) is 8.27. The molecule has 0 amide bonds. The Labute approximate surface area is 188 Å². The van der Waals surface area contributed by atoms with Crippen LogP contribution in [0.4, 0.5) is 5.69 Å². The molecule has 2 atom stereocenters. The van der Waals surface area contributed by atoms with Gasteiger partial charge in [-0.3, -0.25) is 4.90 Å². The molecule has 1 saturated heterocycles. The van der Waals surface area contributed by atoms with Crippen LogP contribution in [0.1, 0.15) is 38.2 Å². The molecule has 2 aliphatic rings. The highest BCUT2D eigenvalue weighted by molar-refractivity contribution is 5.85. The SMILES string of the molecule is COc1cccc([C@@]2(N3CCN(c4ccccc4)CC3)CCCC(C)C2)c1.Cl.Cl. The summed E-state index contributed by atoms with van der Waals surface area (Å²) in [6.07, 6.45) is 5.19. The van der Waals surface area contributed by atoms with Crippen molar-refractivity contribution in [1.29, 1.82) is 0 Å². The van der Waals surface area contributed by atoms with Gasteiger partial charge in [-0.15, -0.1) is 24.8 Å². The van der Waals surface area contributed by atoms with E-state index < -0.39 is 0 Å². The maximum absolute atomic E-state index is 5.55. The first-order valence-corrected chi connectivity index (χ1v) is 10.4. The van der Waals surface area contributed by atoms with Crippen LogP contribution in [0.25, 0.3) is 0 Å². The van der Waals surface area contributed by atoms with E-state index in [-0.39, 0.29) is 30.4 Å². The molecule has 1 aliphatic heterocycles. The summed E-state index contributed by atoms with van der Waals surface area (Å²) < 4.78 is 5.55. The second-order valence-corrected chi connectivity index (χ2v) is 8.27. The fourth-order valence-electron chi connectivity index (χ4n) is 5.20. The van der Waals surface area contributed by atoms with E-state index in [1.54, 1.807) is 7.11 Å². The van der Waals surface area contributed by atoms with Crippen LogP contribution >= 0.6 is 24.8 Å². The van der Waals surface area contributed by atoms with Crippen LogP contribution < -0.4 is 9.64 Å². The van der Waals surface area contributed by atoms with Crippen molar-refractivity contribution in [3.63, 3.8) is 0 Å². The number of piperazine rings is 1. The van der Waals surface area contributed by atoms with Gasteiger partial charge in [-0.25, -0.2) is 0 Å². The summed E-state index contributed by atoms with van der Waals surface area (Å²) in [7, 11) is 1.77. The third-order valence-electron chi connectivity index (χ3n) is 6.59. The second kappa shape index (κ2) is 10.6. The van der Waals surface area contributed by atoms with Crippen LogP contribution in [0.5, 0.6) is 5.75 Å². The van der Waals surface area contributed by atoms with Gasteiger partial charge in [0.25, 0.3) is 0 Å². The van der Waals surface area contributed by atoms with E-state index >= 15 is 0 Å². The van der Waals surface area contributed by atoms with E-state index in [9.17, 15) is 0 Å². The van der Waals surface area contributed by atoms with Crippen molar-refractivity contribution < 1.29 is 4.74 Å². The van der Waals surface area contributed by atoms with E-state index in [2.05, 4.69) is 71.3 Å². The Bertz CT molecular complexity index is 750. The van der Waals surface area contributed by atoms with E-state index in [0.29, 0.717) is 0 Å². The predicted molar refractivity (Wildman–Crippen MR) is 127 cm³/mol. The quantitative estimate of drug-likeness (QED) is 0.604. The Morgan fingerprint density at radius 1 is 0.931 bits per heavy atom. The molecule has 0 N–H and O–H groups in total. The number of hydrogen-bond acceptors (Lipinski definition) is 3. The van der Waals surface area contributed by atoms with E-state index in [1.807, 2.05) is 0 Å². The van der Waals surface area contributed by atoms with Crippen LogP contribution in [-0.4, -0.2) is 38.2 Å². The summed E-state index contributed by atoms with van der Waals surface area (Å²) in [6.45, 7) is 6.88. The van der Waals surface area contributed by atoms with Crippen molar-refractivity contribution in [3.05, 3.63) is 60.2 Å². The molecule has 0 radical (unpaired) electrons. The number of anilines is 1. The zero-order valence-corrected chi connectivity index (χ0v) is 19.2. The third kappa shape index (κ3) is 5.02. The van der Waals surface area contributed by atoms with Crippen LogP contribution in [0.3, 0.4) is 0 Å². The zero-order valence-electron chi connectivity index (χ0n) is 17.5. The highest BCUT2D eigenvalue weighted by atomic mass is 35.5. The summed E-state index contributed by atoms with van der Waals surface area (Å²) in [5.41, 5.74) is 2.96. The van der Waals surface area contributed by atoms with Crippen molar-refractivity contribution >= 4 is 30.5 Å². The van der Waals surface area contributed by atoms with Crippen LogP contribution in [0.2, 0.25) is 0 Å². The molecule has 3 nitrogen and oxygen atoms in total. The summed E-state index contributed by atoms with van der Waals surface area (Å²) in [6, 6.07) is 19.7. The maximum atomic E-state index is 5.55.